The Morgan fingerprint density at radius 1 is 1.10 bits per heavy atom. The summed E-state index contributed by atoms with van der Waals surface area (Å²) in [7, 11) is 0. The average Bonchev–Trinajstić information content (AvgIpc) is 2.37. The topological polar surface area (TPSA) is 37.8 Å². The van der Waals surface area contributed by atoms with Crippen molar-refractivity contribution in [2.45, 2.75) is 78.1 Å². The van der Waals surface area contributed by atoms with Crippen LogP contribution in [0.15, 0.2) is 6.07 Å². The molecule has 0 atom stereocenters. The summed E-state index contributed by atoms with van der Waals surface area (Å²) in [6, 6.07) is 2.13. The van der Waals surface area contributed by atoms with Crippen molar-refractivity contribution in [2.75, 3.05) is 11.9 Å². The summed E-state index contributed by atoms with van der Waals surface area (Å²) in [6.07, 6.45) is 10.4. The molecular formula is C18H31N3. The summed E-state index contributed by atoms with van der Waals surface area (Å²) in [5, 5.41) is 3.38. The lowest BCUT2D eigenvalue weighted by Gasteiger charge is -2.20. The van der Waals surface area contributed by atoms with Crippen LogP contribution in [0.25, 0.3) is 0 Å². The molecular weight excluding hydrogens is 258 g/mol. The molecule has 0 bridgehead atoms. The molecule has 0 saturated heterocycles. The maximum Gasteiger partial charge on any atom is 0.134 e. The Labute approximate surface area is 130 Å². The van der Waals surface area contributed by atoms with Gasteiger partial charge in [0, 0.05) is 24.2 Å². The van der Waals surface area contributed by atoms with E-state index in [0.717, 1.165) is 24.6 Å². The van der Waals surface area contributed by atoms with E-state index in [-0.39, 0.29) is 0 Å². The van der Waals surface area contributed by atoms with E-state index in [9.17, 15) is 0 Å². The Balaban J connectivity index is 2.20. The molecule has 1 aromatic heterocycles. The fourth-order valence-corrected chi connectivity index (χ4v) is 3.21. The average molecular weight is 289 g/mol. The van der Waals surface area contributed by atoms with Crippen LogP contribution in [-0.2, 0) is 6.42 Å². The molecule has 118 valence electrons. The highest BCUT2D eigenvalue weighted by Gasteiger charge is 2.18. The maximum atomic E-state index is 4.90. The molecule has 1 saturated carbocycles. The smallest absolute Gasteiger partial charge is 0.134 e. The summed E-state index contributed by atoms with van der Waals surface area (Å²) < 4.78 is 0. The van der Waals surface area contributed by atoms with Crippen molar-refractivity contribution >= 4 is 5.82 Å². The highest BCUT2D eigenvalue weighted by molar-refractivity contribution is 5.36. The minimum absolute atomic E-state index is 0.565. The monoisotopic (exact) mass is 289 g/mol. The molecule has 21 heavy (non-hydrogen) atoms. The predicted molar refractivity (Wildman–Crippen MR) is 89.8 cm³/mol. The zero-order valence-corrected chi connectivity index (χ0v) is 14.0. The minimum Gasteiger partial charge on any atom is -0.370 e. The van der Waals surface area contributed by atoms with Gasteiger partial charge in [-0.3, -0.25) is 0 Å². The lowest BCUT2D eigenvalue weighted by molar-refractivity contribution is 0.441. The van der Waals surface area contributed by atoms with Crippen molar-refractivity contribution in [2.24, 2.45) is 5.92 Å². The van der Waals surface area contributed by atoms with Gasteiger partial charge in [-0.1, -0.05) is 46.0 Å². The molecule has 1 aromatic rings. The van der Waals surface area contributed by atoms with Gasteiger partial charge in [-0.25, -0.2) is 9.97 Å². The van der Waals surface area contributed by atoms with Crippen LogP contribution in [0.4, 0.5) is 5.82 Å². The third kappa shape index (κ3) is 5.29. The molecule has 1 fully saturated rings. The van der Waals surface area contributed by atoms with Gasteiger partial charge >= 0.3 is 0 Å². The first kappa shape index (κ1) is 16.3. The lowest BCUT2D eigenvalue weighted by Crippen LogP contribution is -2.12. The van der Waals surface area contributed by atoms with E-state index in [4.69, 9.17) is 9.97 Å². The molecule has 0 amide bonds. The largest absolute Gasteiger partial charge is 0.370 e. The van der Waals surface area contributed by atoms with Gasteiger partial charge in [-0.05, 0) is 32.1 Å². The molecule has 0 aromatic carbocycles. The summed E-state index contributed by atoms with van der Waals surface area (Å²) >= 11 is 0. The second-order valence-corrected chi connectivity index (χ2v) is 6.77. The van der Waals surface area contributed by atoms with Crippen LogP contribution in [-0.4, -0.2) is 16.5 Å². The lowest BCUT2D eigenvalue weighted by atomic mass is 9.90. The van der Waals surface area contributed by atoms with Crippen LogP contribution in [0.1, 0.15) is 83.2 Å². The number of aromatic nitrogens is 2. The van der Waals surface area contributed by atoms with E-state index < -0.39 is 0 Å². The number of nitrogens with one attached hydrogen (secondary N) is 1. The summed E-state index contributed by atoms with van der Waals surface area (Å²) in [5.74, 6) is 3.31. The second-order valence-electron chi connectivity index (χ2n) is 6.77. The zero-order chi connectivity index (χ0) is 15.1. The molecule has 0 radical (unpaired) electrons. The molecule has 2 rings (SSSR count). The van der Waals surface area contributed by atoms with Crippen molar-refractivity contribution in [1.29, 1.82) is 0 Å². The number of hydrogen-bond donors (Lipinski definition) is 1. The quantitative estimate of drug-likeness (QED) is 0.834. The minimum atomic E-state index is 0.565. The van der Waals surface area contributed by atoms with Gasteiger partial charge in [0.25, 0.3) is 0 Å². The Morgan fingerprint density at radius 3 is 2.38 bits per heavy atom. The molecule has 1 heterocycles. The Hall–Kier alpha value is -1.12. The number of nitrogens with zero attached hydrogens (tertiary/aromatic N) is 2. The molecule has 3 heteroatoms. The van der Waals surface area contributed by atoms with Gasteiger partial charge in [-0.2, -0.15) is 0 Å². The van der Waals surface area contributed by atoms with Gasteiger partial charge in [0.1, 0.15) is 11.6 Å². The second kappa shape index (κ2) is 8.35. The van der Waals surface area contributed by atoms with Gasteiger partial charge in [0.05, 0.1) is 0 Å². The number of anilines is 1. The number of hydrogen-bond acceptors (Lipinski definition) is 3. The van der Waals surface area contributed by atoms with Gasteiger partial charge in [0.15, 0.2) is 0 Å². The summed E-state index contributed by atoms with van der Waals surface area (Å²) in [6.45, 7) is 7.55. The van der Waals surface area contributed by atoms with E-state index in [1.807, 2.05) is 0 Å². The first-order valence-corrected chi connectivity index (χ1v) is 8.80. The molecule has 0 spiro atoms. The van der Waals surface area contributed by atoms with Crippen LogP contribution >= 0.6 is 0 Å². The fraction of sp³-hybridized carbons (Fsp3) is 0.778. The third-order valence-corrected chi connectivity index (χ3v) is 4.24. The van der Waals surface area contributed by atoms with E-state index in [1.54, 1.807) is 0 Å². The van der Waals surface area contributed by atoms with E-state index in [1.165, 1.54) is 50.6 Å². The standard InChI is InChI=1S/C18H31N3/c1-4-19-17-13-16(12-14(2)3)20-18(21-17)15-10-8-6-5-7-9-11-15/h13-15H,4-12H2,1-3H3,(H,19,20,21). The maximum absolute atomic E-state index is 4.90. The molecule has 0 aliphatic heterocycles. The van der Waals surface area contributed by atoms with Gasteiger partial charge < -0.3 is 5.32 Å². The van der Waals surface area contributed by atoms with Crippen LogP contribution in [0.2, 0.25) is 0 Å². The van der Waals surface area contributed by atoms with Crippen molar-refractivity contribution in [3.63, 3.8) is 0 Å². The molecule has 1 aliphatic carbocycles. The van der Waals surface area contributed by atoms with E-state index in [2.05, 4.69) is 32.2 Å². The third-order valence-electron chi connectivity index (χ3n) is 4.24. The van der Waals surface area contributed by atoms with E-state index in [0.29, 0.717) is 11.8 Å². The van der Waals surface area contributed by atoms with Crippen molar-refractivity contribution in [3.05, 3.63) is 17.6 Å². The first-order valence-electron chi connectivity index (χ1n) is 8.80. The highest BCUT2D eigenvalue weighted by Crippen LogP contribution is 2.29. The molecule has 1 N–H and O–H groups in total. The van der Waals surface area contributed by atoms with Crippen LogP contribution in [0.3, 0.4) is 0 Å². The van der Waals surface area contributed by atoms with Gasteiger partial charge in [0.2, 0.25) is 0 Å². The predicted octanol–water partition coefficient (Wildman–Crippen LogP) is 4.93. The fourth-order valence-electron chi connectivity index (χ4n) is 3.21. The highest BCUT2D eigenvalue weighted by atomic mass is 15.0. The molecule has 1 aliphatic rings. The van der Waals surface area contributed by atoms with Crippen LogP contribution < -0.4 is 5.32 Å². The Bertz CT molecular complexity index is 420. The van der Waals surface area contributed by atoms with Gasteiger partial charge in [-0.15, -0.1) is 0 Å². The Morgan fingerprint density at radius 2 is 1.76 bits per heavy atom. The van der Waals surface area contributed by atoms with E-state index >= 15 is 0 Å². The van der Waals surface area contributed by atoms with Crippen molar-refractivity contribution in [3.8, 4) is 0 Å². The normalized spacial score (nSPS) is 17.5. The summed E-state index contributed by atoms with van der Waals surface area (Å²) in [5.41, 5.74) is 1.20. The molecule has 0 unspecified atom stereocenters. The number of rotatable bonds is 5. The Kier molecular flexibility index (Phi) is 6.47. The molecule has 3 nitrogen and oxygen atoms in total. The van der Waals surface area contributed by atoms with Crippen LogP contribution in [0, 0.1) is 5.92 Å². The summed E-state index contributed by atoms with van der Waals surface area (Å²) in [4.78, 5) is 9.70. The SMILES string of the molecule is CCNc1cc(CC(C)C)nc(C2CCCCCCC2)n1. The zero-order valence-electron chi connectivity index (χ0n) is 14.0. The van der Waals surface area contributed by atoms with Crippen LogP contribution in [0.5, 0.6) is 0 Å². The van der Waals surface area contributed by atoms with Crippen molar-refractivity contribution in [1.82, 2.24) is 9.97 Å². The van der Waals surface area contributed by atoms with Crippen molar-refractivity contribution < 1.29 is 0 Å². The first-order chi connectivity index (χ1) is 10.2.